The first-order valence-electron chi connectivity index (χ1n) is 3.73. The maximum absolute atomic E-state index is 10.5. The van der Waals surface area contributed by atoms with Crippen LogP contribution in [0.15, 0.2) is 24.3 Å². The molecule has 68 valence electrons. The van der Waals surface area contributed by atoms with E-state index in [-0.39, 0.29) is 5.56 Å². The molecule has 0 heterocycles. The molecule has 0 aliphatic carbocycles. The first kappa shape index (κ1) is 9.25. The Hall–Kier alpha value is -1.84. The number of carboxylic acids is 1. The average Bonchev–Trinajstić information content (AvgIpc) is 2.15. The highest BCUT2D eigenvalue weighted by atomic mass is 16.4. The standard InChI is InChI=1S/C9H9NO3/c11-6-10-5-7-2-1-3-8(4-7)9(12)13/h1-4,6H,5H2,(H,10,11)(H,12,13). The molecule has 2 N–H and O–H groups in total. The van der Waals surface area contributed by atoms with Crippen molar-refractivity contribution in [2.75, 3.05) is 0 Å². The van der Waals surface area contributed by atoms with Crippen molar-refractivity contribution < 1.29 is 14.7 Å². The second-order valence-corrected chi connectivity index (χ2v) is 2.50. The molecule has 0 aliphatic rings. The molecule has 0 bridgehead atoms. The number of benzene rings is 1. The van der Waals surface area contributed by atoms with Crippen LogP contribution in [0, 0.1) is 0 Å². The van der Waals surface area contributed by atoms with Gasteiger partial charge in [0.1, 0.15) is 0 Å². The molecule has 0 radical (unpaired) electrons. The number of carbonyl (C=O) groups excluding carboxylic acids is 1. The smallest absolute Gasteiger partial charge is 0.335 e. The summed E-state index contributed by atoms with van der Waals surface area (Å²) in [6, 6.07) is 6.43. The first-order chi connectivity index (χ1) is 6.24. The summed E-state index contributed by atoms with van der Waals surface area (Å²) in [7, 11) is 0. The van der Waals surface area contributed by atoms with Crippen LogP contribution in [0.3, 0.4) is 0 Å². The van der Waals surface area contributed by atoms with Gasteiger partial charge in [-0.05, 0) is 17.7 Å². The van der Waals surface area contributed by atoms with Crippen molar-refractivity contribution in [2.24, 2.45) is 0 Å². The van der Waals surface area contributed by atoms with Crippen LogP contribution in [-0.4, -0.2) is 17.5 Å². The molecule has 1 aromatic carbocycles. The lowest BCUT2D eigenvalue weighted by Gasteiger charge is -2.00. The largest absolute Gasteiger partial charge is 0.478 e. The van der Waals surface area contributed by atoms with Crippen molar-refractivity contribution in [1.29, 1.82) is 0 Å². The van der Waals surface area contributed by atoms with Crippen LogP contribution in [0.2, 0.25) is 0 Å². The Kier molecular flexibility index (Phi) is 3.03. The van der Waals surface area contributed by atoms with Crippen molar-refractivity contribution >= 4 is 12.4 Å². The maximum atomic E-state index is 10.5. The third-order valence-corrected chi connectivity index (χ3v) is 1.56. The van der Waals surface area contributed by atoms with Crippen LogP contribution in [0.1, 0.15) is 15.9 Å². The molecule has 0 atom stereocenters. The molecule has 0 saturated heterocycles. The summed E-state index contributed by atoms with van der Waals surface area (Å²) in [6.45, 7) is 0.352. The molecule has 0 spiro atoms. The Morgan fingerprint density at radius 1 is 1.54 bits per heavy atom. The van der Waals surface area contributed by atoms with Crippen molar-refractivity contribution in [3.63, 3.8) is 0 Å². The number of hydrogen-bond donors (Lipinski definition) is 2. The molecule has 13 heavy (non-hydrogen) atoms. The summed E-state index contributed by atoms with van der Waals surface area (Å²) < 4.78 is 0. The molecule has 0 saturated carbocycles. The number of nitrogens with one attached hydrogen (secondary N) is 1. The Labute approximate surface area is 75.2 Å². The van der Waals surface area contributed by atoms with E-state index >= 15 is 0 Å². The molecule has 0 fully saturated rings. The zero-order valence-corrected chi connectivity index (χ0v) is 6.86. The fourth-order valence-electron chi connectivity index (χ4n) is 0.974. The molecular weight excluding hydrogens is 170 g/mol. The van der Waals surface area contributed by atoms with E-state index < -0.39 is 5.97 Å². The molecule has 4 heteroatoms. The summed E-state index contributed by atoms with van der Waals surface area (Å²) in [5.41, 5.74) is 0.997. The minimum absolute atomic E-state index is 0.227. The zero-order valence-electron chi connectivity index (χ0n) is 6.86. The normalized spacial score (nSPS) is 9.23. The molecule has 4 nitrogen and oxygen atoms in total. The van der Waals surface area contributed by atoms with Gasteiger partial charge in [0, 0.05) is 6.54 Å². The van der Waals surface area contributed by atoms with Gasteiger partial charge in [0.2, 0.25) is 6.41 Å². The second kappa shape index (κ2) is 4.25. The van der Waals surface area contributed by atoms with Gasteiger partial charge in [-0.1, -0.05) is 12.1 Å². The van der Waals surface area contributed by atoms with Gasteiger partial charge in [0.15, 0.2) is 0 Å². The van der Waals surface area contributed by atoms with Crippen LogP contribution in [0.4, 0.5) is 0 Å². The van der Waals surface area contributed by atoms with E-state index in [0.29, 0.717) is 13.0 Å². The summed E-state index contributed by atoms with van der Waals surface area (Å²) in [6.07, 6.45) is 0.577. The number of carboxylic acid groups (broad SMARTS) is 1. The fraction of sp³-hybridized carbons (Fsp3) is 0.111. The Bertz CT molecular complexity index is 322. The van der Waals surface area contributed by atoms with Crippen LogP contribution >= 0.6 is 0 Å². The lowest BCUT2D eigenvalue weighted by atomic mass is 10.1. The summed E-state index contributed by atoms with van der Waals surface area (Å²) in [4.78, 5) is 20.5. The predicted molar refractivity (Wildman–Crippen MR) is 46.3 cm³/mol. The van der Waals surface area contributed by atoms with Gasteiger partial charge in [0.25, 0.3) is 0 Å². The van der Waals surface area contributed by atoms with Gasteiger partial charge in [0.05, 0.1) is 5.56 Å². The number of carbonyl (C=O) groups is 2. The van der Waals surface area contributed by atoms with Crippen molar-refractivity contribution in [2.45, 2.75) is 6.54 Å². The monoisotopic (exact) mass is 179 g/mol. The highest BCUT2D eigenvalue weighted by molar-refractivity contribution is 5.87. The van der Waals surface area contributed by atoms with E-state index in [9.17, 15) is 9.59 Å². The first-order valence-corrected chi connectivity index (χ1v) is 3.73. The third-order valence-electron chi connectivity index (χ3n) is 1.56. The highest BCUT2D eigenvalue weighted by Crippen LogP contribution is 2.04. The lowest BCUT2D eigenvalue weighted by molar-refractivity contribution is -0.109. The number of amides is 1. The van der Waals surface area contributed by atoms with Gasteiger partial charge in [-0.15, -0.1) is 0 Å². The SMILES string of the molecule is O=CNCc1cccc(C(=O)O)c1. The molecule has 0 unspecified atom stereocenters. The minimum Gasteiger partial charge on any atom is -0.478 e. The van der Waals surface area contributed by atoms with Crippen molar-refractivity contribution in [3.8, 4) is 0 Å². The summed E-state index contributed by atoms with van der Waals surface area (Å²) in [5.74, 6) is -0.965. The number of hydrogen-bond acceptors (Lipinski definition) is 2. The predicted octanol–water partition coefficient (Wildman–Crippen LogP) is 0.631. The fourth-order valence-corrected chi connectivity index (χ4v) is 0.974. The van der Waals surface area contributed by atoms with Gasteiger partial charge in [-0.2, -0.15) is 0 Å². The molecule has 1 aromatic rings. The summed E-state index contributed by atoms with van der Waals surface area (Å²) in [5, 5.41) is 11.1. The van der Waals surface area contributed by atoms with Crippen LogP contribution in [0.5, 0.6) is 0 Å². The zero-order chi connectivity index (χ0) is 9.68. The van der Waals surface area contributed by atoms with E-state index in [4.69, 9.17) is 5.11 Å². The highest BCUT2D eigenvalue weighted by Gasteiger charge is 2.01. The van der Waals surface area contributed by atoms with Gasteiger partial charge >= 0.3 is 5.97 Å². The van der Waals surface area contributed by atoms with E-state index in [2.05, 4.69) is 5.32 Å². The molecule has 0 aromatic heterocycles. The van der Waals surface area contributed by atoms with Crippen molar-refractivity contribution in [1.82, 2.24) is 5.32 Å². The van der Waals surface area contributed by atoms with Gasteiger partial charge in [-0.3, -0.25) is 4.79 Å². The van der Waals surface area contributed by atoms with Crippen LogP contribution in [0.25, 0.3) is 0 Å². The summed E-state index contributed by atoms with van der Waals surface area (Å²) >= 11 is 0. The average molecular weight is 179 g/mol. The van der Waals surface area contributed by atoms with Gasteiger partial charge in [-0.25, -0.2) is 4.79 Å². The quantitative estimate of drug-likeness (QED) is 0.666. The minimum atomic E-state index is -0.965. The van der Waals surface area contributed by atoms with Crippen LogP contribution < -0.4 is 5.32 Å². The molecule has 0 aliphatic heterocycles. The van der Waals surface area contributed by atoms with E-state index in [1.165, 1.54) is 12.1 Å². The number of aromatic carboxylic acids is 1. The second-order valence-electron chi connectivity index (χ2n) is 2.50. The molecule has 1 rings (SSSR count). The van der Waals surface area contributed by atoms with Gasteiger partial charge < -0.3 is 10.4 Å². The van der Waals surface area contributed by atoms with E-state index in [0.717, 1.165) is 5.56 Å². The number of rotatable bonds is 4. The third kappa shape index (κ3) is 2.59. The Morgan fingerprint density at radius 2 is 2.31 bits per heavy atom. The van der Waals surface area contributed by atoms with Crippen LogP contribution in [-0.2, 0) is 11.3 Å². The van der Waals surface area contributed by atoms with E-state index in [1.54, 1.807) is 12.1 Å². The Morgan fingerprint density at radius 3 is 2.92 bits per heavy atom. The maximum Gasteiger partial charge on any atom is 0.335 e. The van der Waals surface area contributed by atoms with E-state index in [1.807, 2.05) is 0 Å². The molecule has 1 amide bonds. The Balaban J connectivity index is 2.79. The lowest BCUT2D eigenvalue weighted by Crippen LogP contribution is -2.10. The molecular formula is C9H9NO3. The topological polar surface area (TPSA) is 66.4 Å². The van der Waals surface area contributed by atoms with Crippen molar-refractivity contribution in [3.05, 3.63) is 35.4 Å².